The summed E-state index contributed by atoms with van der Waals surface area (Å²) in [6, 6.07) is 3.63. The second-order valence-corrected chi connectivity index (χ2v) is 11.7. The Hall–Kier alpha value is -2.94. The Morgan fingerprint density at radius 2 is 1.34 bits per heavy atom. The van der Waals surface area contributed by atoms with Crippen LogP contribution in [0.2, 0.25) is 0 Å². The van der Waals surface area contributed by atoms with Crippen LogP contribution in [-0.4, -0.2) is 42.1 Å². The van der Waals surface area contributed by atoms with Gasteiger partial charge in [0.2, 0.25) is 0 Å². The molecule has 0 saturated carbocycles. The van der Waals surface area contributed by atoms with E-state index < -0.39 is 47.0 Å². The van der Waals surface area contributed by atoms with Crippen molar-refractivity contribution in [3.63, 3.8) is 0 Å². The Kier molecular flexibility index (Phi) is 12.4. The van der Waals surface area contributed by atoms with Gasteiger partial charge >= 0.3 is 23.9 Å². The van der Waals surface area contributed by atoms with Crippen molar-refractivity contribution in [2.45, 2.75) is 113 Å². The highest BCUT2D eigenvalue weighted by Gasteiger charge is 2.29. The number of carbonyl (C=O) groups is 4. The Balaban J connectivity index is 2.93. The minimum Gasteiger partial charge on any atom is -0.459 e. The number of hydrogen-bond donors (Lipinski definition) is 1. The molecule has 0 radical (unpaired) electrons. The number of unbranched alkanes of at least 4 members (excludes halogenated alkanes) is 2. The number of carbonyl (C=O) groups excluding carboxylic acids is 4. The first-order valence-electron chi connectivity index (χ1n) is 13.2. The van der Waals surface area contributed by atoms with E-state index in [-0.39, 0.29) is 23.9 Å². The molecule has 1 aromatic carbocycles. The summed E-state index contributed by atoms with van der Waals surface area (Å²) in [5.41, 5.74) is 5.11. The van der Waals surface area contributed by atoms with Gasteiger partial charge in [0.05, 0.1) is 10.8 Å². The Morgan fingerprint density at radius 3 is 1.87 bits per heavy atom. The van der Waals surface area contributed by atoms with E-state index in [0.29, 0.717) is 12.0 Å². The lowest BCUT2D eigenvalue weighted by molar-refractivity contribution is -0.166. The molecule has 9 heteroatoms. The molecule has 1 aromatic rings. The fourth-order valence-corrected chi connectivity index (χ4v) is 2.93. The fourth-order valence-electron chi connectivity index (χ4n) is 2.93. The summed E-state index contributed by atoms with van der Waals surface area (Å²) in [6.07, 6.45) is 1.78. The molecule has 0 bridgehead atoms. The van der Waals surface area contributed by atoms with Crippen molar-refractivity contribution < 1.29 is 38.1 Å². The smallest absolute Gasteiger partial charge is 0.323 e. The zero-order chi connectivity index (χ0) is 29.3. The lowest BCUT2D eigenvalue weighted by Crippen LogP contribution is -2.39. The summed E-state index contributed by atoms with van der Waals surface area (Å²) in [7, 11) is 0. The van der Waals surface area contributed by atoms with Gasteiger partial charge in [-0.25, -0.2) is 0 Å². The van der Waals surface area contributed by atoms with Gasteiger partial charge in [0.1, 0.15) is 18.2 Å². The van der Waals surface area contributed by atoms with Gasteiger partial charge in [0.15, 0.2) is 11.5 Å². The summed E-state index contributed by atoms with van der Waals surface area (Å²) in [5.74, 6) is -1.86. The van der Waals surface area contributed by atoms with E-state index in [1.807, 2.05) is 6.92 Å². The number of hydrogen-bond acceptors (Lipinski definition) is 9. The molecule has 38 heavy (non-hydrogen) atoms. The van der Waals surface area contributed by atoms with Crippen LogP contribution in [0.1, 0.15) is 93.6 Å². The predicted octanol–water partition coefficient (Wildman–Crippen LogP) is 4.90. The molecule has 0 aliphatic rings. The van der Waals surface area contributed by atoms with Gasteiger partial charge in [-0.15, -0.1) is 0 Å². The molecular formula is C29H45NO8. The Morgan fingerprint density at radius 1 is 0.816 bits per heavy atom. The van der Waals surface area contributed by atoms with E-state index in [1.165, 1.54) is 12.1 Å². The van der Waals surface area contributed by atoms with Gasteiger partial charge in [0.25, 0.3) is 0 Å². The van der Waals surface area contributed by atoms with E-state index in [0.717, 1.165) is 19.3 Å². The zero-order valence-corrected chi connectivity index (χ0v) is 24.3. The van der Waals surface area contributed by atoms with Crippen molar-refractivity contribution in [1.29, 1.82) is 0 Å². The van der Waals surface area contributed by atoms with Crippen LogP contribution in [-0.2, 0) is 35.1 Å². The van der Waals surface area contributed by atoms with Crippen LogP contribution in [0.3, 0.4) is 0 Å². The molecule has 0 aliphatic carbocycles. The van der Waals surface area contributed by atoms with Crippen molar-refractivity contribution in [2.75, 3.05) is 0 Å². The predicted molar refractivity (Wildman–Crippen MR) is 144 cm³/mol. The van der Waals surface area contributed by atoms with Gasteiger partial charge in [-0.3, -0.25) is 19.2 Å². The second-order valence-electron chi connectivity index (χ2n) is 11.7. The molecule has 0 heterocycles. The molecule has 0 amide bonds. The second kappa shape index (κ2) is 14.3. The monoisotopic (exact) mass is 535 g/mol. The van der Waals surface area contributed by atoms with Crippen LogP contribution in [0.5, 0.6) is 11.5 Å². The number of esters is 4. The minimum atomic E-state index is -1.03. The summed E-state index contributed by atoms with van der Waals surface area (Å²) in [6.45, 7) is 15.6. The lowest BCUT2D eigenvalue weighted by Gasteiger charge is -2.23. The van der Waals surface area contributed by atoms with Crippen molar-refractivity contribution in [2.24, 2.45) is 16.6 Å². The third-order valence-corrected chi connectivity index (χ3v) is 5.66. The van der Waals surface area contributed by atoms with Crippen molar-refractivity contribution in [3.8, 4) is 11.5 Å². The zero-order valence-electron chi connectivity index (χ0n) is 24.3. The Labute approximate surface area is 226 Å². The number of nitrogens with two attached hydrogens (primary N) is 1. The standard InChI is InChI=1S/C29H45NO8/c1-10-11-12-13-24(31)35-18(2)19(3)36-25(32)21(30)16-20-14-15-22(37-26(33)28(4,5)6)23(17-20)38-27(34)29(7,8)9/h14-15,17-19,21H,10-13,16,30H2,1-9H3/t18-,19-,21-/m0/s1. The first kappa shape index (κ1) is 33.1. The Bertz CT molecular complexity index is 974. The minimum absolute atomic E-state index is 0.0533. The molecule has 214 valence electrons. The molecule has 0 fully saturated rings. The SMILES string of the molecule is CCCCCC(=O)O[C@@H](C)[C@H](C)OC(=O)[C@@H](N)Cc1ccc(OC(=O)C(C)(C)C)c(OC(=O)C(C)(C)C)c1. The van der Waals surface area contributed by atoms with E-state index in [9.17, 15) is 19.2 Å². The first-order valence-corrected chi connectivity index (χ1v) is 13.2. The van der Waals surface area contributed by atoms with E-state index in [1.54, 1.807) is 61.5 Å². The molecule has 0 saturated heterocycles. The van der Waals surface area contributed by atoms with Crippen molar-refractivity contribution in [3.05, 3.63) is 23.8 Å². The van der Waals surface area contributed by atoms with Crippen LogP contribution in [0, 0.1) is 10.8 Å². The van der Waals surface area contributed by atoms with Crippen molar-refractivity contribution in [1.82, 2.24) is 0 Å². The highest BCUT2D eigenvalue weighted by atomic mass is 16.6. The molecular weight excluding hydrogens is 490 g/mol. The largest absolute Gasteiger partial charge is 0.459 e. The highest BCUT2D eigenvalue weighted by Crippen LogP contribution is 2.33. The summed E-state index contributed by atoms with van der Waals surface area (Å²) < 4.78 is 21.8. The van der Waals surface area contributed by atoms with E-state index >= 15 is 0 Å². The number of ether oxygens (including phenoxy) is 4. The number of benzene rings is 1. The molecule has 0 unspecified atom stereocenters. The molecule has 2 N–H and O–H groups in total. The van der Waals surface area contributed by atoms with Gasteiger partial charge in [-0.05, 0) is 85.9 Å². The average Bonchev–Trinajstić information content (AvgIpc) is 2.79. The van der Waals surface area contributed by atoms with E-state index in [4.69, 9.17) is 24.7 Å². The molecule has 3 atom stereocenters. The van der Waals surface area contributed by atoms with Gasteiger partial charge < -0.3 is 24.7 Å². The maximum absolute atomic E-state index is 12.6. The first-order chi connectivity index (χ1) is 17.4. The third kappa shape index (κ3) is 11.2. The lowest BCUT2D eigenvalue weighted by atomic mass is 9.97. The summed E-state index contributed by atoms with van der Waals surface area (Å²) >= 11 is 0. The molecule has 9 nitrogen and oxygen atoms in total. The van der Waals surface area contributed by atoms with Crippen LogP contribution in [0.4, 0.5) is 0 Å². The maximum atomic E-state index is 12.6. The van der Waals surface area contributed by atoms with Gasteiger partial charge in [0, 0.05) is 6.42 Å². The summed E-state index contributed by atoms with van der Waals surface area (Å²) in [5, 5.41) is 0. The van der Waals surface area contributed by atoms with Crippen molar-refractivity contribution >= 4 is 23.9 Å². The molecule has 0 aliphatic heterocycles. The normalized spacial score (nSPS) is 14.2. The topological polar surface area (TPSA) is 131 Å². The van der Waals surface area contributed by atoms with Crippen LogP contribution in [0.25, 0.3) is 0 Å². The molecule has 0 aromatic heterocycles. The van der Waals surface area contributed by atoms with E-state index in [2.05, 4.69) is 0 Å². The maximum Gasteiger partial charge on any atom is 0.323 e. The molecule has 0 spiro atoms. The van der Waals surface area contributed by atoms with Gasteiger partial charge in [-0.2, -0.15) is 0 Å². The fraction of sp³-hybridized carbons (Fsp3) is 0.655. The average molecular weight is 536 g/mol. The summed E-state index contributed by atoms with van der Waals surface area (Å²) in [4.78, 5) is 49.6. The third-order valence-electron chi connectivity index (χ3n) is 5.66. The van der Waals surface area contributed by atoms with Crippen LogP contribution >= 0.6 is 0 Å². The number of rotatable bonds is 12. The van der Waals surface area contributed by atoms with Crippen LogP contribution < -0.4 is 15.2 Å². The quantitative estimate of drug-likeness (QED) is 0.225. The highest BCUT2D eigenvalue weighted by molar-refractivity contribution is 5.81. The molecule has 1 rings (SSSR count). The van der Waals surface area contributed by atoms with Gasteiger partial charge in [-0.1, -0.05) is 25.8 Å². The van der Waals surface area contributed by atoms with Crippen LogP contribution in [0.15, 0.2) is 18.2 Å².